The predicted octanol–water partition coefficient (Wildman–Crippen LogP) is 4.04. The highest BCUT2D eigenvalue weighted by Crippen LogP contribution is 2.36. The molecule has 1 amide bonds. The van der Waals surface area contributed by atoms with Gasteiger partial charge in [0.25, 0.3) is 0 Å². The first-order valence-electron chi connectivity index (χ1n) is 7.57. The molecule has 4 nitrogen and oxygen atoms in total. The molecule has 0 spiro atoms. The van der Waals surface area contributed by atoms with Gasteiger partial charge in [-0.25, -0.2) is 0 Å². The van der Waals surface area contributed by atoms with Gasteiger partial charge < -0.3 is 4.90 Å². The minimum atomic E-state index is -0.163. The lowest BCUT2D eigenvalue weighted by molar-refractivity contribution is -0.117. The molecule has 0 saturated heterocycles. The van der Waals surface area contributed by atoms with E-state index in [-0.39, 0.29) is 18.1 Å². The second kappa shape index (κ2) is 6.49. The van der Waals surface area contributed by atoms with E-state index in [9.17, 15) is 9.59 Å². The summed E-state index contributed by atoms with van der Waals surface area (Å²) in [4.78, 5) is 29.1. The molecule has 5 heteroatoms. The second-order valence-electron chi connectivity index (χ2n) is 5.85. The third kappa shape index (κ3) is 3.05. The molecular formula is C19H17ClN2O2. The van der Waals surface area contributed by atoms with Crippen LogP contribution in [0.2, 0.25) is 5.02 Å². The van der Waals surface area contributed by atoms with Gasteiger partial charge >= 0.3 is 0 Å². The maximum absolute atomic E-state index is 12.9. The van der Waals surface area contributed by atoms with E-state index in [0.29, 0.717) is 27.5 Å². The van der Waals surface area contributed by atoms with Crippen LogP contribution in [0.25, 0.3) is 0 Å². The van der Waals surface area contributed by atoms with Crippen LogP contribution in [0, 0.1) is 0 Å². The molecule has 3 rings (SSSR count). The lowest BCUT2D eigenvalue weighted by Gasteiger charge is -2.22. The van der Waals surface area contributed by atoms with Crippen LogP contribution >= 0.6 is 11.6 Å². The highest BCUT2D eigenvalue weighted by molar-refractivity contribution is 6.31. The monoisotopic (exact) mass is 340 g/mol. The van der Waals surface area contributed by atoms with Gasteiger partial charge in [0, 0.05) is 42.1 Å². The number of nitrogens with zero attached hydrogens (tertiary/aromatic N) is 2. The number of fused-ring (bicyclic) bond motifs is 1. The van der Waals surface area contributed by atoms with Crippen molar-refractivity contribution in [2.75, 3.05) is 19.0 Å². The summed E-state index contributed by atoms with van der Waals surface area (Å²) >= 11 is 6.13. The number of carbonyl (C=O) groups excluding carboxylic acids is 2. The van der Waals surface area contributed by atoms with E-state index in [0.717, 1.165) is 0 Å². The number of carbonyl (C=O) groups is 2. The molecule has 24 heavy (non-hydrogen) atoms. The van der Waals surface area contributed by atoms with Crippen molar-refractivity contribution in [3.63, 3.8) is 0 Å². The minimum absolute atomic E-state index is 0.0399. The fraction of sp³-hybridized carbons (Fsp3) is 0.158. The zero-order valence-corrected chi connectivity index (χ0v) is 14.2. The van der Waals surface area contributed by atoms with Gasteiger partial charge in [0.1, 0.15) is 0 Å². The van der Waals surface area contributed by atoms with Crippen LogP contribution in [0.4, 0.5) is 11.4 Å². The summed E-state index contributed by atoms with van der Waals surface area (Å²) in [7, 11) is 3.65. The molecule has 1 aliphatic heterocycles. The normalized spacial score (nSPS) is 16.1. The zero-order valence-electron chi connectivity index (χ0n) is 13.5. The van der Waals surface area contributed by atoms with Crippen LogP contribution in [0.1, 0.15) is 16.8 Å². The largest absolute Gasteiger partial charge is 0.383 e. The van der Waals surface area contributed by atoms with E-state index in [1.54, 1.807) is 34.2 Å². The van der Waals surface area contributed by atoms with Gasteiger partial charge in [-0.15, -0.1) is 0 Å². The first kappa shape index (κ1) is 16.3. The van der Waals surface area contributed by atoms with Crippen LogP contribution in [0.15, 0.2) is 60.3 Å². The summed E-state index contributed by atoms with van der Waals surface area (Å²) < 4.78 is 0. The van der Waals surface area contributed by atoms with Crippen LogP contribution in [-0.2, 0) is 4.79 Å². The summed E-state index contributed by atoms with van der Waals surface area (Å²) in [6.45, 7) is 0. The number of para-hydroxylation sites is 1. The van der Waals surface area contributed by atoms with Crippen LogP contribution in [-0.4, -0.2) is 30.7 Å². The van der Waals surface area contributed by atoms with E-state index in [2.05, 4.69) is 0 Å². The van der Waals surface area contributed by atoms with E-state index < -0.39 is 0 Å². The summed E-state index contributed by atoms with van der Waals surface area (Å²) in [5, 5.41) is 0.482. The summed E-state index contributed by atoms with van der Waals surface area (Å²) in [6, 6.07) is 14.3. The first-order chi connectivity index (χ1) is 11.5. The fourth-order valence-corrected chi connectivity index (χ4v) is 2.95. The van der Waals surface area contributed by atoms with Gasteiger partial charge in [0.05, 0.1) is 12.1 Å². The summed E-state index contributed by atoms with van der Waals surface area (Å²) in [5.41, 5.74) is 2.17. The molecule has 0 aromatic heterocycles. The Morgan fingerprint density at radius 1 is 1.08 bits per heavy atom. The molecule has 0 bridgehead atoms. The standard InChI is InChI=1S/C19H17ClN2O2/c1-21(2)12-13-10-18(23)22(15-6-4-3-5-7-15)17-11-14(20)8-9-16(17)19(13)24/h3-9,11-12H,10H2,1-2H3/b13-12+. The maximum atomic E-state index is 12.9. The lowest BCUT2D eigenvalue weighted by atomic mass is 10.0. The topological polar surface area (TPSA) is 40.6 Å². The molecule has 2 aromatic carbocycles. The van der Waals surface area contributed by atoms with E-state index in [1.807, 2.05) is 44.4 Å². The van der Waals surface area contributed by atoms with Gasteiger partial charge in [-0.1, -0.05) is 29.8 Å². The number of amides is 1. The molecule has 0 fully saturated rings. The Balaban J connectivity index is 2.23. The second-order valence-corrected chi connectivity index (χ2v) is 6.29. The molecule has 0 radical (unpaired) electrons. The Morgan fingerprint density at radius 2 is 1.79 bits per heavy atom. The van der Waals surface area contributed by atoms with Crippen molar-refractivity contribution >= 4 is 34.7 Å². The third-order valence-electron chi connectivity index (χ3n) is 3.76. The van der Waals surface area contributed by atoms with Crippen molar-refractivity contribution in [3.05, 3.63) is 70.9 Å². The van der Waals surface area contributed by atoms with Crippen molar-refractivity contribution in [1.82, 2.24) is 4.90 Å². The third-order valence-corrected chi connectivity index (χ3v) is 3.99. The van der Waals surface area contributed by atoms with Crippen molar-refractivity contribution in [1.29, 1.82) is 0 Å². The van der Waals surface area contributed by atoms with Crippen molar-refractivity contribution < 1.29 is 9.59 Å². The van der Waals surface area contributed by atoms with Crippen LogP contribution in [0.3, 0.4) is 0 Å². The van der Waals surface area contributed by atoms with Crippen molar-refractivity contribution in [2.24, 2.45) is 0 Å². The van der Waals surface area contributed by atoms with E-state index in [4.69, 9.17) is 11.6 Å². The number of benzene rings is 2. The molecule has 0 atom stereocenters. The number of anilines is 2. The number of rotatable bonds is 2. The minimum Gasteiger partial charge on any atom is -0.383 e. The first-order valence-corrected chi connectivity index (χ1v) is 7.94. The average Bonchev–Trinajstić information content (AvgIpc) is 2.63. The Kier molecular flexibility index (Phi) is 4.40. The van der Waals surface area contributed by atoms with Gasteiger partial charge in [0.2, 0.25) is 5.91 Å². The van der Waals surface area contributed by atoms with Gasteiger partial charge in [-0.3, -0.25) is 14.5 Å². The molecule has 0 aliphatic carbocycles. The van der Waals surface area contributed by atoms with Gasteiger partial charge in [-0.05, 0) is 30.3 Å². The predicted molar refractivity (Wildman–Crippen MR) is 95.8 cm³/mol. The number of Topliss-reactive ketones (excluding diaryl/α,β-unsaturated/α-hetero) is 1. The van der Waals surface area contributed by atoms with E-state index >= 15 is 0 Å². The molecule has 0 unspecified atom stereocenters. The molecule has 2 aromatic rings. The molecule has 1 heterocycles. The highest BCUT2D eigenvalue weighted by atomic mass is 35.5. The Bertz CT molecular complexity index is 829. The summed E-state index contributed by atoms with van der Waals surface area (Å²) in [5.74, 6) is -0.314. The number of hydrogen-bond acceptors (Lipinski definition) is 3. The molecule has 1 aliphatic rings. The number of ketones is 1. The fourth-order valence-electron chi connectivity index (χ4n) is 2.79. The molecule has 0 N–H and O–H groups in total. The van der Waals surface area contributed by atoms with Crippen molar-refractivity contribution in [3.8, 4) is 0 Å². The van der Waals surface area contributed by atoms with Gasteiger partial charge in [0.15, 0.2) is 5.78 Å². The number of hydrogen-bond donors (Lipinski definition) is 0. The Hall–Kier alpha value is -2.59. The van der Waals surface area contributed by atoms with Crippen molar-refractivity contribution in [2.45, 2.75) is 6.42 Å². The summed E-state index contributed by atoms with van der Waals surface area (Å²) in [6.07, 6.45) is 1.74. The SMILES string of the molecule is CN(C)/C=C1\CC(=O)N(c2ccccc2)c2cc(Cl)ccc2C1=O. The molecule has 122 valence electrons. The maximum Gasteiger partial charge on any atom is 0.236 e. The van der Waals surface area contributed by atoms with Gasteiger partial charge in [-0.2, -0.15) is 0 Å². The van der Waals surface area contributed by atoms with E-state index in [1.165, 1.54) is 0 Å². The number of halogens is 1. The smallest absolute Gasteiger partial charge is 0.236 e. The zero-order chi connectivity index (χ0) is 17.3. The lowest BCUT2D eigenvalue weighted by Crippen LogP contribution is -2.25. The Morgan fingerprint density at radius 3 is 2.46 bits per heavy atom. The van der Waals surface area contributed by atoms with Crippen LogP contribution in [0.5, 0.6) is 0 Å². The molecular weight excluding hydrogens is 324 g/mol. The quantitative estimate of drug-likeness (QED) is 0.775. The van der Waals surface area contributed by atoms with Crippen LogP contribution < -0.4 is 4.90 Å². The molecule has 0 saturated carbocycles. The average molecular weight is 341 g/mol. The Labute approximate surface area is 145 Å². The highest BCUT2D eigenvalue weighted by Gasteiger charge is 2.31.